The third kappa shape index (κ3) is 5.96. The molecule has 0 fully saturated rings. The molecule has 0 saturated carbocycles. The lowest BCUT2D eigenvalue weighted by molar-refractivity contribution is -0.140. The second kappa shape index (κ2) is 9.30. The summed E-state index contributed by atoms with van der Waals surface area (Å²) in [7, 11) is -2.61. The van der Waals surface area contributed by atoms with E-state index in [0.29, 0.717) is 23.4 Å². The minimum Gasteiger partial charge on any atom is -0.330 e. The Kier molecular flexibility index (Phi) is 7.29. The van der Waals surface area contributed by atoms with Gasteiger partial charge in [-0.15, -0.1) is 0 Å². The van der Waals surface area contributed by atoms with Crippen molar-refractivity contribution in [2.75, 3.05) is 24.4 Å². The van der Waals surface area contributed by atoms with Crippen molar-refractivity contribution in [3.63, 3.8) is 0 Å². The Morgan fingerprint density at radius 3 is 2.28 bits per heavy atom. The van der Waals surface area contributed by atoms with Crippen molar-refractivity contribution < 1.29 is 26.4 Å². The second-order valence-corrected chi connectivity index (χ2v) is 8.50. The molecule has 0 unspecified atom stereocenters. The van der Waals surface area contributed by atoms with Gasteiger partial charge in [-0.2, -0.15) is 13.2 Å². The molecule has 0 aromatic heterocycles. The molecule has 0 aliphatic rings. The second-order valence-electron chi connectivity index (χ2n) is 6.53. The zero-order valence-electron chi connectivity index (χ0n) is 16.2. The zero-order valence-corrected chi connectivity index (χ0v) is 17.0. The van der Waals surface area contributed by atoms with Crippen LogP contribution in [0.3, 0.4) is 0 Å². The molecule has 2 aromatic carbocycles. The number of anilines is 1. The van der Waals surface area contributed by atoms with E-state index in [2.05, 4.69) is 0 Å². The number of carbonyl (C=O) groups excluding carboxylic acids is 1. The fourth-order valence-electron chi connectivity index (χ4n) is 2.72. The van der Waals surface area contributed by atoms with E-state index in [1.165, 1.54) is 25.2 Å². The first-order chi connectivity index (χ1) is 13.6. The Labute approximate surface area is 168 Å². The molecule has 0 aliphatic heterocycles. The molecule has 0 atom stereocenters. The fourth-order valence-corrected chi connectivity index (χ4v) is 3.97. The number of benzene rings is 2. The van der Waals surface area contributed by atoms with Crippen LogP contribution in [0, 0.1) is 0 Å². The molecule has 5 nitrogen and oxygen atoms in total. The Morgan fingerprint density at radius 2 is 1.69 bits per heavy atom. The topological polar surface area (TPSA) is 57.7 Å². The van der Waals surface area contributed by atoms with Crippen molar-refractivity contribution in [2.45, 2.75) is 30.8 Å². The number of hydrogen-bond acceptors (Lipinski definition) is 3. The summed E-state index contributed by atoms with van der Waals surface area (Å²) >= 11 is 0. The van der Waals surface area contributed by atoms with E-state index in [-0.39, 0.29) is 17.0 Å². The minimum atomic E-state index is -4.54. The van der Waals surface area contributed by atoms with Crippen LogP contribution in [0.2, 0.25) is 0 Å². The third-order valence-electron chi connectivity index (χ3n) is 4.30. The fraction of sp³-hybridized carbons (Fsp3) is 0.350. The molecule has 0 radical (unpaired) electrons. The van der Waals surface area contributed by atoms with Crippen LogP contribution in [0.1, 0.15) is 30.1 Å². The Balaban J connectivity index is 2.34. The van der Waals surface area contributed by atoms with Crippen molar-refractivity contribution in [3.8, 4) is 0 Å². The predicted molar refractivity (Wildman–Crippen MR) is 105 cm³/mol. The highest BCUT2D eigenvalue weighted by Crippen LogP contribution is 2.24. The quantitative estimate of drug-likeness (QED) is 0.629. The van der Waals surface area contributed by atoms with E-state index in [4.69, 9.17) is 0 Å². The van der Waals surface area contributed by atoms with Crippen LogP contribution in [-0.4, -0.2) is 45.5 Å². The summed E-state index contributed by atoms with van der Waals surface area (Å²) < 4.78 is 65.5. The normalized spacial score (nSPS) is 11.9. The van der Waals surface area contributed by atoms with Gasteiger partial charge >= 0.3 is 6.18 Å². The van der Waals surface area contributed by atoms with Crippen LogP contribution in [0.25, 0.3) is 0 Å². The predicted octanol–water partition coefficient (Wildman–Crippen LogP) is 4.32. The van der Waals surface area contributed by atoms with Gasteiger partial charge in [0.2, 0.25) is 0 Å². The smallest absolute Gasteiger partial charge is 0.330 e. The standard InChI is InChI=1S/C20H23F3N2O3S/c1-3-4-13-25(15-20(21,22)23)19(26)16-9-8-12-18(14-16)29(27,28)24(2)17-10-6-5-7-11-17/h5-12,14H,3-4,13,15H2,1-2H3. The van der Waals surface area contributed by atoms with Crippen molar-refractivity contribution >= 4 is 21.6 Å². The SMILES string of the molecule is CCCCN(CC(F)(F)F)C(=O)c1cccc(S(=O)(=O)N(C)c2ccccc2)c1. The van der Waals surface area contributed by atoms with Crippen LogP contribution in [0.4, 0.5) is 18.9 Å². The molecule has 2 aromatic rings. The molecule has 0 aliphatic carbocycles. The van der Waals surface area contributed by atoms with Crippen LogP contribution in [-0.2, 0) is 10.0 Å². The summed E-state index contributed by atoms with van der Waals surface area (Å²) in [5.41, 5.74) is 0.318. The number of hydrogen-bond donors (Lipinski definition) is 0. The maximum absolute atomic E-state index is 12.9. The molecule has 1 amide bonds. The first kappa shape index (κ1) is 22.7. The minimum absolute atomic E-state index is 0.0598. The van der Waals surface area contributed by atoms with E-state index in [1.807, 2.05) is 6.92 Å². The van der Waals surface area contributed by atoms with Gasteiger partial charge in [0.1, 0.15) is 6.54 Å². The molecular formula is C20H23F3N2O3S. The van der Waals surface area contributed by atoms with Gasteiger partial charge in [-0.25, -0.2) is 8.42 Å². The number of alkyl halides is 3. The van der Waals surface area contributed by atoms with Gasteiger partial charge in [0.05, 0.1) is 10.6 Å². The van der Waals surface area contributed by atoms with Crippen molar-refractivity contribution in [2.24, 2.45) is 0 Å². The van der Waals surface area contributed by atoms with Gasteiger partial charge in [-0.05, 0) is 36.8 Å². The lowest BCUT2D eigenvalue weighted by atomic mass is 10.2. The van der Waals surface area contributed by atoms with E-state index >= 15 is 0 Å². The summed E-state index contributed by atoms with van der Waals surface area (Å²) in [5, 5.41) is 0. The number of rotatable bonds is 8. The van der Waals surface area contributed by atoms with Gasteiger partial charge in [-0.1, -0.05) is 37.6 Å². The van der Waals surface area contributed by atoms with Gasteiger partial charge in [-0.3, -0.25) is 9.10 Å². The average molecular weight is 428 g/mol. The van der Waals surface area contributed by atoms with Crippen LogP contribution >= 0.6 is 0 Å². The summed E-state index contributed by atoms with van der Waals surface area (Å²) in [6.45, 7) is 0.366. The first-order valence-electron chi connectivity index (χ1n) is 9.06. The number of carbonyl (C=O) groups is 1. The third-order valence-corrected chi connectivity index (χ3v) is 6.08. The monoisotopic (exact) mass is 428 g/mol. The van der Waals surface area contributed by atoms with Crippen molar-refractivity contribution in [1.29, 1.82) is 0 Å². The maximum Gasteiger partial charge on any atom is 0.406 e. The molecule has 9 heteroatoms. The number of halogens is 3. The number of sulfonamides is 1. The Bertz CT molecular complexity index is 931. The van der Waals surface area contributed by atoms with Gasteiger partial charge in [0.25, 0.3) is 15.9 Å². The number of para-hydroxylation sites is 1. The first-order valence-corrected chi connectivity index (χ1v) is 10.5. The molecule has 158 valence electrons. The van der Waals surface area contributed by atoms with Crippen LogP contribution in [0.15, 0.2) is 59.5 Å². The lowest BCUT2D eigenvalue weighted by Crippen LogP contribution is -2.39. The number of unbranched alkanes of at least 4 members (excludes halogenated alkanes) is 1. The summed E-state index contributed by atoms with van der Waals surface area (Å²) in [6.07, 6.45) is -3.50. The van der Waals surface area contributed by atoms with Crippen molar-refractivity contribution in [3.05, 3.63) is 60.2 Å². The molecular weight excluding hydrogens is 405 g/mol. The molecule has 0 bridgehead atoms. The molecule has 0 spiro atoms. The lowest BCUT2D eigenvalue weighted by Gasteiger charge is -2.24. The summed E-state index contributed by atoms with van der Waals surface area (Å²) in [4.78, 5) is 13.2. The largest absolute Gasteiger partial charge is 0.406 e. The Morgan fingerprint density at radius 1 is 1.03 bits per heavy atom. The van der Waals surface area contributed by atoms with E-state index in [1.54, 1.807) is 30.3 Å². The van der Waals surface area contributed by atoms with Crippen LogP contribution < -0.4 is 4.31 Å². The summed E-state index contributed by atoms with van der Waals surface area (Å²) in [5.74, 6) is -0.852. The molecule has 0 saturated heterocycles. The number of nitrogens with zero attached hydrogens (tertiary/aromatic N) is 2. The molecule has 0 heterocycles. The Hall–Kier alpha value is -2.55. The molecule has 2 rings (SSSR count). The van der Waals surface area contributed by atoms with E-state index in [9.17, 15) is 26.4 Å². The van der Waals surface area contributed by atoms with Crippen LogP contribution in [0.5, 0.6) is 0 Å². The van der Waals surface area contributed by atoms with E-state index < -0.39 is 28.7 Å². The van der Waals surface area contributed by atoms with Gasteiger partial charge in [0, 0.05) is 19.2 Å². The highest BCUT2D eigenvalue weighted by atomic mass is 32.2. The van der Waals surface area contributed by atoms with Gasteiger partial charge in [0.15, 0.2) is 0 Å². The maximum atomic E-state index is 12.9. The molecule has 0 N–H and O–H groups in total. The highest BCUT2D eigenvalue weighted by Gasteiger charge is 2.33. The average Bonchev–Trinajstić information content (AvgIpc) is 2.70. The summed E-state index contributed by atoms with van der Waals surface area (Å²) in [6, 6.07) is 13.4. The zero-order chi connectivity index (χ0) is 21.7. The molecule has 29 heavy (non-hydrogen) atoms. The number of amides is 1. The van der Waals surface area contributed by atoms with Crippen molar-refractivity contribution in [1.82, 2.24) is 4.90 Å². The highest BCUT2D eigenvalue weighted by molar-refractivity contribution is 7.92. The van der Waals surface area contributed by atoms with E-state index in [0.717, 1.165) is 10.4 Å². The van der Waals surface area contributed by atoms with Gasteiger partial charge < -0.3 is 4.90 Å².